The molecule has 23 heavy (non-hydrogen) atoms. The lowest BCUT2D eigenvalue weighted by atomic mass is 9.98. The van der Waals surface area contributed by atoms with Crippen molar-refractivity contribution in [3.63, 3.8) is 0 Å². The Labute approximate surface area is 141 Å². The maximum atomic E-state index is 3.41. The molecule has 0 aliphatic carbocycles. The standard InChI is InChI=1S/C21H30N2/c1-5-16(3)18-7-11-20(12-8-18)22-15-23-21-13-9-19(10-14-21)17(4)6-2/h7-14,16-17,22-23H,5-6,15H2,1-4H3. The van der Waals surface area contributed by atoms with Crippen LogP contribution in [0, 0.1) is 0 Å². The summed E-state index contributed by atoms with van der Waals surface area (Å²) in [5, 5.41) is 6.83. The predicted octanol–water partition coefficient (Wildman–Crippen LogP) is 6.20. The van der Waals surface area contributed by atoms with Crippen LogP contribution < -0.4 is 10.6 Å². The van der Waals surface area contributed by atoms with E-state index in [-0.39, 0.29) is 0 Å². The second kappa shape index (κ2) is 8.61. The van der Waals surface area contributed by atoms with Gasteiger partial charge < -0.3 is 10.6 Å². The SMILES string of the molecule is CCC(C)c1ccc(NCNc2ccc(C(C)CC)cc2)cc1. The second-order valence-electron chi connectivity index (χ2n) is 6.39. The Morgan fingerprint density at radius 3 is 1.30 bits per heavy atom. The van der Waals surface area contributed by atoms with Crippen LogP contribution in [0.25, 0.3) is 0 Å². The molecule has 2 aromatic rings. The van der Waals surface area contributed by atoms with E-state index in [4.69, 9.17) is 0 Å². The summed E-state index contributed by atoms with van der Waals surface area (Å²) in [6, 6.07) is 17.5. The number of anilines is 2. The van der Waals surface area contributed by atoms with Gasteiger partial charge in [0.1, 0.15) is 0 Å². The largest absolute Gasteiger partial charge is 0.368 e. The lowest BCUT2D eigenvalue weighted by molar-refractivity contribution is 0.733. The van der Waals surface area contributed by atoms with Crippen molar-refractivity contribution in [1.29, 1.82) is 0 Å². The Morgan fingerprint density at radius 2 is 1.00 bits per heavy atom. The zero-order valence-corrected chi connectivity index (χ0v) is 14.9. The molecule has 2 rings (SSSR count). The van der Waals surface area contributed by atoms with Crippen LogP contribution in [0.15, 0.2) is 48.5 Å². The van der Waals surface area contributed by atoms with E-state index in [2.05, 4.69) is 86.9 Å². The van der Waals surface area contributed by atoms with Crippen LogP contribution in [0.2, 0.25) is 0 Å². The van der Waals surface area contributed by atoms with Gasteiger partial charge in [-0.15, -0.1) is 0 Å². The first-order valence-corrected chi connectivity index (χ1v) is 8.81. The Hall–Kier alpha value is -1.96. The molecular weight excluding hydrogens is 280 g/mol. The third-order valence-electron chi connectivity index (χ3n) is 4.77. The Balaban J connectivity index is 1.82. The van der Waals surface area contributed by atoms with Crippen molar-refractivity contribution in [2.45, 2.75) is 52.4 Å². The second-order valence-corrected chi connectivity index (χ2v) is 6.39. The molecule has 2 atom stereocenters. The number of benzene rings is 2. The van der Waals surface area contributed by atoms with Gasteiger partial charge >= 0.3 is 0 Å². The molecule has 0 aromatic heterocycles. The first-order valence-electron chi connectivity index (χ1n) is 8.81. The minimum atomic E-state index is 0.631. The molecule has 0 aliphatic rings. The van der Waals surface area contributed by atoms with E-state index in [0.717, 1.165) is 18.0 Å². The van der Waals surface area contributed by atoms with Crippen molar-refractivity contribution in [3.8, 4) is 0 Å². The summed E-state index contributed by atoms with van der Waals surface area (Å²) in [6.07, 6.45) is 2.36. The Bertz CT molecular complexity index is 518. The van der Waals surface area contributed by atoms with Crippen LogP contribution in [0.3, 0.4) is 0 Å². The van der Waals surface area contributed by atoms with Gasteiger partial charge in [-0.3, -0.25) is 0 Å². The molecule has 0 radical (unpaired) electrons. The summed E-state index contributed by atoms with van der Waals surface area (Å²) in [7, 11) is 0. The van der Waals surface area contributed by atoms with Gasteiger partial charge in [-0.2, -0.15) is 0 Å². The van der Waals surface area contributed by atoms with Crippen molar-refractivity contribution in [1.82, 2.24) is 0 Å². The van der Waals surface area contributed by atoms with Gasteiger partial charge in [0, 0.05) is 11.4 Å². The van der Waals surface area contributed by atoms with E-state index in [0.29, 0.717) is 11.8 Å². The Kier molecular flexibility index (Phi) is 6.52. The van der Waals surface area contributed by atoms with Crippen LogP contribution >= 0.6 is 0 Å². The fraction of sp³-hybridized carbons (Fsp3) is 0.429. The van der Waals surface area contributed by atoms with Gasteiger partial charge in [0.15, 0.2) is 0 Å². The quantitative estimate of drug-likeness (QED) is 0.568. The molecule has 124 valence electrons. The summed E-state index contributed by atoms with van der Waals surface area (Å²) < 4.78 is 0. The smallest absolute Gasteiger partial charge is 0.0849 e. The topological polar surface area (TPSA) is 24.1 Å². The normalized spacial score (nSPS) is 13.4. The zero-order valence-electron chi connectivity index (χ0n) is 14.9. The van der Waals surface area contributed by atoms with Crippen LogP contribution in [0.1, 0.15) is 63.5 Å². The molecule has 0 amide bonds. The summed E-state index contributed by atoms with van der Waals surface area (Å²) in [6.45, 7) is 9.73. The average molecular weight is 310 g/mol. The van der Waals surface area contributed by atoms with E-state index in [9.17, 15) is 0 Å². The molecule has 0 fully saturated rings. The first-order chi connectivity index (χ1) is 11.1. The van der Waals surface area contributed by atoms with Gasteiger partial charge in [0.25, 0.3) is 0 Å². The van der Waals surface area contributed by atoms with E-state index >= 15 is 0 Å². The van der Waals surface area contributed by atoms with Gasteiger partial charge in [-0.1, -0.05) is 52.0 Å². The summed E-state index contributed by atoms with van der Waals surface area (Å²) >= 11 is 0. The molecule has 0 aliphatic heterocycles. The fourth-order valence-electron chi connectivity index (χ4n) is 2.58. The highest BCUT2D eigenvalue weighted by Crippen LogP contribution is 2.21. The minimum absolute atomic E-state index is 0.631. The molecule has 0 bridgehead atoms. The van der Waals surface area contributed by atoms with Gasteiger partial charge in [0.05, 0.1) is 6.67 Å². The number of hydrogen-bond acceptors (Lipinski definition) is 2. The van der Waals surface area contributed by atoms with E-state index in [1.165, 1.54) is 24.0 Å². The maximum Gasteiger partial charge on any atom is 0.0849 e. The van der Waals surface area contributed by atoms with Crippen LogP contribution in [0.5, 0.6) is 0 Å². The lowest BCUT2D eigenvalue weighted by Crippen LogP contribution is -2.11. The first kappa shape index (κ1) is 17.4. The highest BCUT2D eigenvalue weighted by molar-refractivity contribution is 5.49. The summed E-state index contributed by atoms with van der Waals surface area (Å²) in [4.78, 5) is 0. The Morgan fingerprint density at radius 1 is 0.652 bits per heavy atom. The number of hydrogen-bond donors (Lipinski definition) is 2. The molecule has 0 saturated heterocycles. The molecule has 2 aromatic carbocycles. The minimum Gasteiger partial charge on any atom is -0.368 e. The monoisotopic (exact) mass is 310 g/mol. The number of nitrogens with one attached hydrogen (secondary N) is 2. The van der Waals surface area contributed by atoms with Gasteiger partial charge in [0.2, 0.25) is 0 Å². The van der Waals surface area contributed by atoms with Crippen molar-refractivity contribution >= 4 is 11.4 Å². The summed E-state index contributed by atoms with van der Waals surface area (Å²) in [5.74, 6) is 1.26. The molecule has 0 saturated carbocycles. The third-order valence-corrected chi connectivity index (χ3v) is 4.77. The highest BCUT2D eigenvalue weighted by atomic mass is 15.1. The molecule has 2 heteroatoms. The predicted molar refractivity (Wildman–Crippen MR) is 102 cm³/mol. The maximum absolute atomic E-state index is 3.41. The van der Waals surface area contributed by atoms with Gasteiger partial charge in [-0.05, 0) is 60.1 Å². The molecule has 0 spiro atoms. The molecule has 0 heterocycles. The molecule has 2 unspecified atom stereocenters. The third kappa shape index (κ3) is 5.02. The van der Waals surface area contributed by atoms with Crippen LogP contribution in [0.4, 0.5) is 11.4 Å². The average Bonchev–Trinajstić information content (AvgIpc) is 2.61. The van der Waals surface area contributed by atoms with E-state index in [1.807, 2.05) is 0 Å². The van der Waals surface area contributed by atoms with Crippen molar-refractivity contribution in [2.75, 3.05) is 17.3 Å². The summed E-state index contributed by atoms with van der Waals surface area (Å²) in [5.41, 5.74) is 5.12. The molecule has 2 nitrogen and oxygen atoms in total. The number of rotatable bonds is 8. The molecular formula is C21H30N2. The van der Waals surface area contributed by atoms with Gasteiger partial charge in [-0.25, -0.2) is 0 Å². The molecule has 2 N–H and O–H groups in total. The zero-order chi connectivity index (χ0) is 16.7. The van der Waals surface area contributed by atoms with Crippen LogP contribution in [-0.2, 0) is 0 Å². The van der Waals surface area contributed by atoms with Crippen molar-refractivity contribution < 1.29 is 0 Å². The van der Waals surface area contributed by atoms with E-state index in [1.54, 1.807) is 0 Å². The van der Waals surface area contributed by atoms with Crippen LogP contribution in [-0.4, -0.2) is 6.67 Å². The lowest BCUT2D eigenvalue weighted by Gasteiger charge is -2.13. The fourth-order valence-corrected chi connectivity index (χ4v) is 2.58. The van der Waals surface area contributed by atoms with Crippen molar-refractivity contribution in [2.24, 2.45) is 0 Å². The van der Waals surface area contributed by atoms with Crippen molar-refractivity contribution in [3.05, 3.63) is 59.7 Å². The highest BCUT2D eigenvalue weighted by Gasteiger charge is 2.03. The van der Waals surface area contributed by atoms with E-state index < -0.39 is 0 Å².